The maximum absolute atomic E-state index is 5.73. The average molecular weight is 221 g/mol. The van der Waals surface area contributed by atoms with E-state index in [1.807, 2.05) is 13.8 Å². The third-order valence-electron chi connectivity index (χ3n) is 2.87. The van der Waals surface area contributed by atoms with Crippen LogP contribution in [0.15, 0.2) is 0 Å². The lowest BCUT2D eigenvalue weighted by Gasteiger charge is -2.19. The van der Waals surface area contributed by atoms with Crippen molar-refractivity contribution in [3.63, 3.8) is 0 Å². The molecule has 0 aliphatic carbocycles. The summed E-state index contributed by atoms with van der Waals surface area (Å²) in [6.07, 6.45) is 0.176. The number of aromatic nitrogens is 1. The highest BCUT2D eigenvalue weighted by atomic mass is 16.5. The lowest BCUT2D eigenvalue weighted by molar-refractivity contribution is 0.230. The number of pyridine rings is 1. The Morgan fingerprint density at radius 2 is 1.50 bits per heavy atom. The Balaban J connectivity index is 3.28. The van der Waals surface area contributed by atoms with Crippen LogP contribution in [0.5, 0.6) is 5.88 Å². The van der Waals surface area contributed by atoms with Gasteiger partial charge >= 0.3 is 0 Å². The SMILES string of the molecule is Cc1nc(OC(C)C)c(C)c(C)c1C(C)C. The van der Waals surface area contributed by atoms with E-state index < -0.39 is 0 Å². The quantitative estimate of drug-likeness (QED) is 0.772. The molecule has 1 aromatic rings. The first-order valence-electron chi connectivity index (χ1n) is 5.99. The van der Waals surface area contributed by atoms with Gasteiger partial charge in [-0.15, -0.1) is 0 Å². The standard InChI is InChI=1S/C14H23NO/c1-8(2)13-10(5)11(6)14(15-12(13)7)16-9(3)4/h8-9H,1-7H3. The highest BCUT2D eigenvalue weighted by molar-refractivity contribution is 5.43. The van der Waals surface area contributed by atoms with E-state index >= 15 is 0 Å². The van der Waals surface area contributed by atoms with Crippen LogP contribution in [-0.4, -0.2) is 11.1 Å². The van der Waals surface area contributed by atoms with Crippen LogP contribution < -0.4 is 4.74 Å². The van der Waals surface area contributed by atoms with Gasteiger partial charge in [0.2, 0.25) is 5.88 Å². The topological polar surface area (TPSA) is 22.1 Å². The summed E-state index contributed by atoms with van der Waals surface area (Å²) >= 11 is 0. The van der Waals surface area contributed by atoms with E-state index in [9.17, 15) is 0 Å². The molecular formula is C14H23NO. The minimum absolute atomic E-state index is 0.176. The third-order valence-corrected chi connectivity index (χ3v) is 2.87. The Hall–Kier alpha value is -1.05. The van der Waals surface area contributed by atoms with Gasteiger partial charge in [0, 0.05) is 11.3 Å². The molecule has 0 saturated carbocycles. The lowest BCUT2D eigenvalue weighted by Crippen LogP contribution is -2.11. The summed E-state index contributed by atoms with van der Waals surface area (Å²) in [5, 5.41) is 0. The van der Waals surface area contributed by atoms with Gasteiger partial charge in [-0.25, -0.2) is 4.98 Å². The highest BCUT2D eigenvalue weighted by Crippen LogP contribution is 2.29. The summed E-state index contributed by atoms with van der Waals surface area (Å²) in [6, 6.07) is 0. The third kappa shape index (κ3) is 2.55. The fraction of sp³-hybridized carbons (Fsp3) is 0.643. The van der Waals surface area contributed by atoms with Gasteiger partial charge in [-0.05, 0) is 51.7 Å². The molecule has 0 radical (unpaired) electrons. The summed E-state index contributed by atoms with van der Waals surface area (Å²) < 4.78 is 5.73. The number of nitrogens with zero attached hydrogens (tertiary/aromatic N) is 1. The molecule has 0 spiro atoms. The molecule has 1 heterocycles. The van der Waals surface area contributed by atoms with Gasteiger partial charge in [-0.1, -0.05) is 13.8 Å². The van der Waals surface area contributed by atoms with Crippen molar-refractivity contribution in [3.8, 4) is 5.88 Å². The van der Waals surface area contributed by atoms with Crippen molar-refractivity contribution < 1.29 is 4.74 Å². The van der Waals surface area contributed by atoms with Gasteiger partial charge in [0.05, 0.1) is 6.10 Å². The van der Waals surface area contributed by atoms with Gasteiger partial charge in [-0.3, -0.25) is 0 Å². The van der Waals surface area contributed by atoms with Crippen LogP contribution in [-0.2, 0) is 0 Å². The van der Waals surface area contributed by atoms with Crippen molar-refractivity contribution >= 4 is 0 Å². The zero-order chi connectivity index (χ0) is 12.5. The second kappa shape index (κ2) is 4.86. The molecule has 0 amide bonds. The van der Waals surface area contributed by atoms with E-state index in [4.69, 9.17) is 4.74 Å². The molecule has 1 aromatic heterocycles. The largest absolute Gasteiger partial charge is 0.475 e. The van der Waals surface area contributed by atoms with Crippen LogP contribution in [0.25, 0.3) is 0 Å². The Bertz CT molecular complexity index is 381. The predicted octanol–water partition coefficient (Wildman–Crippen LogP) is 3.92. The maximum atomic E-state index is 5.73. The lowest BCUT2D eigenvalue weighted by atomic mass is 9.94. The van der Waals surface area contributed by atoms with E-state index in [0.29, 0.717) is 5.92 Å². The molecule has 2 nitrogen and oxygen atoms in total. The smallest absolute Gasteiger partial charge is 0.216 e. The fourth-order valence-corrected chi connectivity index (χ4v) is 2.12. The molecule has 0 aromatic carbocycles. The van der Waals surface area contributed by atoms with Crippen LogP contribution in [0.4, 0.5) is 0 Å². The Morgan fingerprint density at radius 3 is 1.94 bits per heavy atom. The van der Waals surface area contributed by atoms with Crippen molar-refractivity contribution in [2.75, 3.05) is 0 Å². The molecule has 2 heteroatoms. The van der Waals surface area contributed by atoms with Crippen LogP contribution in [0.2, 0.25) is 0 Å². The Kier molecular flexibility index (Phi) is 3.95. The first-order valence-corrected chi connectivity index (χ1v) is 5.99. The summed E-state index contributed by atoms with van der Waals surface area (Å²) in [4.78, 5) is 4.57. The average Bonchev–Trinajstić information content (AvgIpc) is 2.12. The van der Waals surface area contributed by atoms with Crippen LogP contribution in [0, 0.1) is 20.8 Å². The van der Waals surface area contributed by atoms with E-state index in [1.165, 1.54) is 16.7 Å². The molecule has 0 aliphatic rings. The van der Waals surface area contributed by atoms with E-state index in [2.05, 4.69) is 39.6 Å². The van der Waals surface area contributed by atoms with Crippen molar-refractivity contribution in [1.29, 1.82) is 0 Å². The molecule has 0 bridgehead atoms. The van der Waals surface area contributed by atoms with Gasteiger partial charge in [0.15, 0.2) is 0 Å². The number of hydrogen-bond donors (Lipinski definition) is 0. The van der Waals surface area contributed by atoms with Crippen LogP contribution >= 0.6 is 0 Å². The fourth-order valence-electron chi connectivity index (χ4n) is 2.12. The van der Waals surface area contributed by atoms with Crippen molar-refractivity contribution in [1.82, 2.24) is 4.98 Å². The predicted molar refractivity (Wildman–Crippen MR) is 68.3 cm³/mol. The van der Waals surface area contributed by atoms with Gasteiger partial charge in [0.25, 0.3) is 0 Å². The summed E-state index contributed by atoms with van der Waals surface area (Å²) in [5.74, 6) is 1.30. The summed E-state index contributed by atoms with van der Waals surface area (Å²) in [6.45, 7) is 14.8. The first-order chi connectivity index (χ1) is 7.34. The molecule has 90 valence electrons. The van der Waals surface area contributed by atoms with E-state index in [-0.39, 0.29) is 6.10 Å². The molecule has 0 fully saturated rings. The van der Waals surface area contributed by atoms with Gasteiger partial charge in [-0.2, -0.15) is 0 Å². The van der Waals surface area contributed by atoms with Crippen LogP contribution in [0.3, 0.4) is 0 Å². The molecule has 1 rings (SSSR count). The molecule has 0 N–H and O–H groups in total. The number of aryl methyl sites for hydroxylation is 1. The molecule has 0 aliphatic heterocycles. The number of rotatable bonds is 3. The van der Waals surface area contributed by atoms with Gasteiger partial charge < -0.3 is 4.74 Å². The second-order valence-electron chi connectivity index (χ2n) is 4.99. The zero-order valence-electron chi connectivity index (χ0n) is 11.5. The molecule has 0 saturated heterocycles. The van der Waals surface area contributed by atoms with Gasteiger partial charge in [0.1, 0.15) is 0 Å². The monoisotopic (exact) mass is 221 g/mol. The summed E-state index contributed by atoms with van der Waals surface area (Å²) in [7, 11) is 0. The zero-order valence-corrected chi connectivity index (χ0v) is 11.5. The van der Waals surface area contributed by atoms with Crippen molar-refractivity contribution in [2.24, 2.45) is 0 Å². The molecular weight excluding hydrogens is 198 g/mol. The highest BCUT2D eigenvalue weighted by Gasteiger charge is 2.15. The first kappa shape index (κ1) is 13.0. The minimum Gasteiger partial charge on any atom is -0.475 e. The maximum Gasteiger partial charge on any atom is 0.216 e. The van der Waals surface area contributed by atoms with Crippen molar-refractivity contribution in [3.05, 3.63) is 22.4 Å². The number of hydrogen-bond acceptors (Lipinski definition) is 2. The molecule has 0 atom stereocenters. The van der Waals surface area contributed by atoms with E-state index in [1.54, 1.807) is 0 Å². The summed E-state index contributed by atoms with van der Waals surface area (Å²) in [5.41, 5.74) is 4.93. The minimum atomic E-state index is 0.176. The van der Waals surface area contributed by atoms with Crippen LogP contribution in [0.1, 0.15) is 56.0 Å². The molecule has 0 unspecified atom stereocenters. The molecule has 16 heavy (non-hydrogen) atoms. The Morgan fingerprint density at radius 1 is 0.938 bits per heavy atom. The number of ether oxygens (including phenoxy) is 1. The normalized spacial score (nSPS) is 11.3. The van der Waals surface area contributed by atoms with E-state index in [0.717, 1.165) is 11.6 Å². The van der Waals surface area contributed by atoms with Crippen molar-refractivity contribution in [2.45, 2.75) is 60.5 Å². The second-order valence-corrected chi connectivity index (χ2v) is 4.99. The Labute approximate surface area is 99.0 Å².